The SMILES string of the molecule is CC(C)(CN=[N+]=[N-])C(=O)C(C(=O)OCc1ccc([N+](=O)[O-])cc1)N1C(=O)CC1Cl. The lowest BCUT2D eigenvalue weighted by Crippen LogP contribution is -2.62. The molecule has 0 spiro atoms. The summed E-state index contributed by atoms with van der Waals surface area (Å²) in [4.78, 5) is 51.3. The molecule has 1 aliphatic heterocycles. The minimum absolute atomic E-state index is 0.0161. The molecule has 0 radical (unpaired) electrons. The molecule has 2 unspecified atom stereocenters. The Bertz CT molecular complexity index is 881. The van der Waals surface area contributed by atoms with E-state index in [1.54, 1.807) is 0 Å². The first-order valence-electron chi connectivity index (χ1n) is 8.49. The van der Waals surface area contributed by atoms with Gasteiger partial charge in [0.05, 0.1) is 11.3 Å². The van der Waals surface area contributed by atoms with Crippen LogP contribution in [0.5, 0.6) is 0 Å². The van der Waals surface area contributed by atoms with E-state index in [1.165, 1.54) is 38.1 Å². The van der Waals surface area contributed by atoms with Crippen LogP contribution in [0.4, 0.5) is 5.69 Å². The molecule has 29 heavy (non-hydrogen) atoms. The van der Waals surface area contributed by atoms with E-state index in [4.69, 9.17) is 21.9 Å². The molecule has 1 amide bonds. The van der Waals surface area contributed by atoms with Crippen LogP contribution in [-0.4, -0.2) is 45.6 Å². The van der Waals surface area contributed by atoms with Crippen molar-refractivity contribution in [3.8, 4) is 0 Å². The van der Waals surface area contributed by atoms with Crippen molar-refractivity contribution in [3.05, 3.63) is 50.4 Å². The molecule has 0 aliphatic carbocycles. The van der Waals surface area contributed by atoms with Crippen molar-refractivity contribution in [2.75, 3.05) is 6.54 Å². The molecule has 0 bridgehead atoms. The molecule has 2 rings (SSSR count). The molecule has 1 saturated heterocycles. The van der Waals surface area contributed by atoms with Crippen molar-refractivity contribution in [1.29, 1.82) is 0 Å². The number of azide groups is 1. The van der Waals surface area contributed by atoms with Crippen LogP contribution in [0.25, 0.3) is 10.4 Å². The minimum atomic E-state index is -1.58. The number of non-ortho nitro benzene ring substituents is 1. The normalized spacial score (nSPS) is 17.0. The summed E-state index contributed by atoms with van der Waals surface area (Å²) < 4.78 is 5.18. The number of amides is 1. The number of esters is 1. The zero-order chi connectivity index (χ0) is 21.8. The van der Waals surface area contributed by atoms with E-state index in [-0.39, 0.29) is 25.3 Å². The average Bonchev–Trinajstić information content (AvgIpc) is 2.68. The number of halogens is 1. The highest BCUT2D eigenvalue weighted by atomic mass is 35.5. The van der Waals surface area contributed by atoms with Gasteiger partial charge in [0.2, 0.25) is 5.91 Å². The highest BCUT2D eigenvalue weighted by molar-refractivity contribution is 6.26. The molecule has 1 aliphatic rings. The Kier molecular flexibility index (Phi) is 6.78. The van der Waals surface area contributed by atoms with Gasteiger partial charge in [0, 0.05) is 29.0 Å². The number of ketones is 1. The van der Waals surface area contributed by atoms with Gasteiger partial charge in [-0.3, -0.25) is 19.7 Å². The lowest BCUT2D eigenvalue weighted by atomic mass is 9.83. The zero-order valence-corrected chi connectivity index (χ0v) is 16.4. The fourth-order valence-electron chi connectivity index (χ4n) is 2.65. The number of carbonyl (C=O) groups excluding carboxylic acids is 3. The monoisotopic (exact) mass is 423 g/mol. The summed E-state index contributed by atoms with van der Waals surface area (Å²) in [5.41, 5.74) is 6.76. The van der Waals surface area contributed by atoms with E-state index >= 15 is 0 Å². The molecule has 1 fully saturated rings. The lowest BCUT2D eigenvalue weighted by Gasteiger charge is -2.42. The van der Waals surface area contributed by atoms with Crippen LogP contribution in [0.1, 0.15) is 25.8 Å². The Hall–Kier alpha value is -3.17. The highest BCUT2D eigenvalue weighted by Crippen LogP contribution is 2.31. The van der Waals surface area contributed by atoms with Gasteiger partial charge in [0.25, 0.3) is 5.69 Å². The summed E-state index contributed by atoms with van der Waals surface area (Å²) in [5, 5.41) is 14.1. The molecular weight excluding hydrogens is 406 g/mol. The van der Waals surface area contributed by atoms with Gasteiger partial charge in [0.15, 0.2) is 11.8 Å². The summed E-state index contributed by atoms with van der Waals surface area (Å²) in [7, 11) is 0. The van der Waals surface area contributed by atoms with Crippen LogP contribution in [-0.2, 0) is 25.7 Å². The predicted molar refractivity (Wildman–Crippen MR) is 101 cm³/mol. The van der Waals surface area contributed by atoms with Gasteiger partial charge in [-0.05, 0) is 23.2 Å². The molecule has 0 N–H and O–H groups in total. The zero-order valence-electron chi connectivity index (χ0n) is 15.6. The van der Waals surface area contributed by atoms with Gasteiger partial charge in [-0.15, -0.1) is 0 Å². The number of nitrogens with zero attached hydrogens (tertiary/aromatic N) is 5. The van der Waals surface area contributed by atoms with Crippen LogP contribution in [0.3, 0.4) is 0 Å². The van der Waals surface area contributed by atoms with Crippen LogP contribution in [0.15, 0.2) is 29.4 Å². The standard InChI is InChI=1S/C17H18ClN5O6/c1-17(2,9-20-21-19)15(25)14(22-12(18)7-13(22)24)16(26)29-8-10-3-5-11(6-4-10)23(27)28/h3-6,12,14H,7-9H2,1-2H3. The van der Waals surface area contributed by atoms with Crippen molar-refractivity contribution < 1.29 is 24.0 Å². The van der Waals surface area contributed by atoms with Crippen molar-refractivity contribution in [3.63, 3.8) is 0 Å². The molecule has 154 valence electrons. The van der Waals surface area contributed by atoms with Crippen molar-refractivity contribution in [1.82, 2.24) is 4.90 Å². The number of hydrogen-bond acceptors (Lipinski definition) is 7. The maximum atomic E-state index is 13.0. The van der Waals surface area contributed by atoms with Gasteiger partial charge in [-0.25, -0.2) is 4.79 Å². The number of ether oxygens (including phenoxy) is 1. The molecule has 12 heteroatoms. The number of Topliss-reactive ketones (excluding diaryl/α,β-unsaturated/α-hetero) is 1. The van der Waals surface area contributed by atoms with E-state index in [9.17, 15) is 24.5 Å². The maximum Gasteiger partial charge on any atom is 0.337 e. The maximum absolute atomic E-state index is 13.0. The number of likely N-dealkylation sites (tertiary alicyclic amines) is 1. The van der Waals surface area contributed by atoms with E-state index in [0.717, 1.165) is 4.90 Å². The number of nitro benzene ring substituents is 1. The summed E-state index contributed by atoms with van der Waals surface area (Å²) in [5.74, 6) is -2.13. The molecule has 1 aromatic rings. The topological polar surface area (TPSA) is 156 Å². The molecule has 0 saturated carbocycles. The predicted octanol–water partition coefficient (Wildman–Crippen LogP) is 2.71. The molecule has 2 atom stereocenters. The Morgan fingerprint density at radius 1 is 1.45 bits per heavy atom. The van der Waals surface area contributed by atoms with Gasteiger partial charge >= 0.3 is 5.97 Å². The first-order valence-corrected chi connectivity index (χ1v) is 8.92. The third-order valence-corrected chi connectivity index (χ3v) is 4.77. The molecular formula is C17H18ClN5O6. The minimum Gasteiger partial charge on any atom is -0.459 e. The first-order chi connectivity index (χ1) is 13.6. The molecule has 0 aromatic heterocycles. The Balaban J connectivity index is 2.18. The van der Waals surface area contributed by atoms with Gasteiger partial charge in [0.1, 0.15) is 12.1 Å². The second-order valence-corrected chi connectivity index (χ2v) is 7.51. The summed E-state index contributed by atoms with van der Waals surface area (Å²) in [6.07, 6.45) is -0.0161. The number of carbonyl (C=O) groups is 3. The van der Waals surface area contributed by atoms with E-state index in [0.29, 0.717) is 5.56 Å². The number of benzene rings is 1. The van der Waals surface area contributed by atoms with Crippen LogP contribution < -0.4 is 0 Å². The highest BCUT2D eigenvalue weighted by Gasteiger charge is 2.50. The molecule has 11 nitrogen and oxygen atoms in total. The fraction of sp³-hybridized carbons (Fsp3) is 0.471. The second-order valence-electron chi connectivity index (χ2n) is 7.01. The van der Waals surface area contributed by atoms with E-state index in [2.05, 4.69) is 10.0 Å². The average molecular weight is 424 g/mol. The van der Waals surface area contributed by atoms with E-state index in [1.807, 2.05) is 0 Å². The van der Waals surface area contributed by atoms with Crippen LogP contribution in [0, 0.1) is 15.5 Å². The third-order valence-electron chi connectivity index (χ3n) is 4.41. The van der Waals surface area contributed by atoms with Gasteiger partial charge in [-0.1, -0.05) is 30.6 Å². The van der Waals surface area contributed by atoms with Gasteiger partial charge < -0.3 is 9.64 Å². The lowest BCUT2D eigenvalue weighted by molar-refractivity contribution is -0.384. The largest absolute Gasteiger partial charge is 0.459 e. The summed E-state index contributed by atoms with van der Waals surface area (Å²) in [6.45, 7) is 2.48. The van der Waals surface area contributed by atoms with Crippen molar-refractivity contribution >= 4 is 34.9 Å². The summed E-state index contributed by atoms with van der Waals surface area (Å²) >= 11 is 6.01. The van der Waals surface area contributed by atoms with E-state index < -0.39 is 39.5 Å². The van der Waals surface area contributed by atoms with Gasteiger partial charge in [-0.2, -0.15) is 0 Å². The summed E-state index contributed by atoms with van der Waals surface area (Å²) in [6, 6.07) is 3.74. The molecule has 1 aromatic carbocycles. The third kappa shape index (κ3) is 5.01. The number of nitro groups is 1. The number of β-lactam (4-membered cyclic amide) rings is 1. The Labute approximate surface area is 170 Å². The van der Waals surface area contributed by atoms with Crippen LogP contribution >= 0.6 is 11.6 Å². The van der Waals surface area contributed by atoms with Crippen molar-refractivity contribution in [2.45, 2.75) is 38.4 Å². The van der Waals surface area contributed by atoms with Crippen molar-refractivity contribution in [2.24, 2.45) is 10.5 Å². The first kappa shape index (κ1) is 22.1. The quantitative estimate of drug-likeness (QED) is 0.0567. The Morgan fingerprint density at radius 3 is 2.55 bits per heavy atom. The molecule has 1 heterocycles. The smallest absolute Gasteiger partial charge is 0.337 e. The fourth-order valence-corrected chi connectivity index (χ4v) is 3.00. The second kappa shape index (κ2) is 8.89. The Morgan fingerprint density at radius 2 is 2.07 bits per heavy atom. The van der Waals surface area contributed by atoms with Crippen LogP contribution in [0.2, 0.25) is 0 Å². The number of rotatable bonds is 9. The number of hydrogen-bond donors (Lipinski definition) is 0. The number of alkyl halides is 1.